The third kappa shape index (κ3) is 3.67. The normalized spacial score (nSPS) is 11.0. The lowest BCUT2D eigenvalue weighted by Crippen LogP contribution is -2.15. The zero-order valence-electron chi connectivity index (χ0n) is 12.1. The van der Waals surface area contributed by atoms with E-state index in [0.29, 0.717) is 0 Å². The van der Waals surface area contributed by atoms with Crippen molar-refractivity contribution in [2.24, 2.45) is 0 Å². The molecule has 0 amide bonds. The number of pyridine rings is 1. The van der Waals surface area contributed by atoms with Gasteiger partial charge in [0.2, 0.25) is 0 Å². The van der Waals surface area contributed by atoms with Crippen LogP contribution in [0.2, 0.25) is 0 Å². The zero-order valence-corrected chi connectivity index (χ0v) is 12.1. The molecule has 0 atom stereocenters. The minimum Gasteiger partial charge on any atom is -0.337 e. The average molecular weight is 280 g/mol. The van der Waals surface area contributed by atoms with Gasteiger partial charge in [-0.3, -0.25) is 4.98 Å². The molecule has 0 bridgehead atoms. The Balaban J connectivity index is 1.44. The molecule has 4 nitrogen and oxygen atoms in total. The Morgan fingerprint density at radius 1 is 1.05 bits per heavy atom. The van der Waals surface area contributed by atoms with E-state index in [4.69, 9.17) is 0 Å². The van der Waals surface area contributed by atoms with Gasteiger partial charge in [-0.1, -0.05) is 18.2 Å². The molecule has 0 fully saturated rings. The highest BCUT2D eigenvalue weighted by Gasteiger charge is 2.00. The van der Waals surface area contributed by atoms with Crippen LogP contribution in [-0.4, -0.2) is 21.1 Å². The fourth-order valence-electron chi connectivity index (χ4n) is 2.53. The number of imidazole rings is 1. The van der Waals surface area contributed by atoms with Crippen molar-refractivity contribution in [3.8, 4) is 0 Å². The molecule has 0 aliphatic heterocycles. The fraction of sp³-hybridized carbons (Fsp3) is 0.294. The van der Waals surface area contributed by atoms with Crippen LogP contribution < -0.4 is 5.32 Å². The molecule has 0 aliphatic carbocycles. The number of unbranched alkanes of at least 4 members (excludes halogenated alkanes) is 1. The van der Waals surface area contributed by atoms with Crippen LogP contribution >= 0.6 is 0 Å². The summed E-state index contributed by atoms with van der Waals surface area (Å²) in [6.45, 7) is 2.99. The van der Waals surface area contributed by atoms with Crippen molar-refractivity contribution in [2.75, 3.05) is 6.54 Å². The van der Waals surface area contributed by atoms with Gasteiger partial charge >= 0.3 is 0 Å². The summed E-state index contributed by atoms with van der Waals surface area (Å²) in [5.41, 5.74) is 1.34. The van der Waals surface area contributed by atoms with Crippen molar-refractivity contribution >= 4 is 10.8 Å². The quantitative estimate of drug-likeness (QED) is 0.677. The Bertz CT molecular complexity index is 671. The first kappa shape index (κ1) is 13.8. The number of hydrogen-bond acceptors (Lipinski definition) is 3. The molecule has 108 valence electrons. The summed E-state index contributed by atoms with van der Waals surface area (Å²) < 4.78 is 2.12. The molecule has 0 spiro atoms. The van der Waals surface area contributed by atoms with Crippen molar-refractivity contribution in [1.82, 2.24) is 19.9 Å². The van der Waals surface area contributed by atoms with E-state index in [1.54, 1.807) is 0 Å². The molecule has 0 saturated heterocycles. The van der Waals surface area contributed by atoms with Gasteiger partial charge in [-0.2, -0.15) is 0 Å². The Labute approximate surface area is 124 Å². The second kappa shape index (κ2) is 6.99. The number of hydrogen-bond donors (Lipinski definition) is 1. The zero-order chi connectivity index (χ0) is 14.3. The Morgan fingerprint density at radius 3 is 2.95 bits per heavy atom. The van der Waals surface area contributed by atoms with E-state index < -0.39 is 0 Å². The van der Waals surface area contributed by atoms with Crippen LogP contribution in [0.1, 0.15) is 18.4 Å². The summed E-state index contributed by atoms with van der Waals surface area (Å²) >= 11 is 0. The van der Waals surface area contributed by atoms with Crippen molar-refractivity contribution < 1.29 is 0 Å². The highest BCUT2D eigenvalue weighted by Crippen LogP contribution is 2.17. The van der Waals surface area contributed by atoms with Crippen LogP contribution in [0.4, 0.5) is 0 Å². The maximum absolute atomic E-state index is 4.17. The van der Waals surface area contributed by atoms with E-state index in [9.17, 15) is 0 Å². The number of benzene rings is 1. The molecule has 0 saturated carbocycles. The van der Waals surface area contributed by atoms with Crippen LogP contribution in [0.25, 0.3) is 10.8 Å². The number of nitrogens with zero attached hydrogens (tertiary/aromatic N) is 3. The summed E-state index contributed by atoms with van der Waals surface area (Å²) in [6, 6.07) is 8.48. The molecule has 0 unspecified atom stereocenters. The lowest BCUT2D eigenvalue weighted by Gasteiger charge is -2.08. The maximum Gasteiger partial charge on any atom is 0.0945 e. The van der Waals surface area contributed by atoms with Gasteiger partial charge in [-0.25, -0.2) is 4.98 Å². The number of nitrogens with one attached hydrogen (secondary N) is 1. The number of aryl methyl sites for hydroxylation is 1. The predicted octanol–water partition coefficient (Wildman–Crippen LogP) is 3.00. The van der Waals surface area contributed by atoms with E-state index >= 15 is 0 Å². The van der Waals surface area contributed by atoms with Crippen molar-refractivity contribution in [1.29, 1.82) is 0 Å². The van der Waals surface area contributed by atoms with Gasteiger partial charge in [-0.05, 0) is 36.4 Å². The van der Waals surface area contributed by atoms with Gasteiger partial charge in [0, 0.05) is 43.3 Å². The summed E-state index contributed by atoms with van der Waals surface area (Å²) in [5, 5.41) is 6.02. The summed E-state index contributed by atoms with van der Waals surface area (Å²) in [5.74, 6) is 0. The van der Waals surface area contributed by atoms with E-state index in [1.807, 2.05) is 31.1 Å². The monoisotopic (exact) mass is 280 g/mol. The smallest absolute Gasteiger partial charge is 0.0945 e. The van der Waals surface area contributed by atoms with Gasteiger partial charge in [0.15, 0.2) is 0 Å². The molecular weight excluding hydrogens is 260 g/mol. The van der Waals surface area contributed by atoms with Crippen molar-refractivity contribution in [3.63, 3.8) is 0 Å². The lowest BCUT2D eigenvalue weighted by atomic mass is 10.1. The van der Waals surface area contributed by atoms with E-state index in [1.165, 1.54) is 29.2 Å². The number of fused-ring (bicyclic) bond motifs is 1. The fourth-order valence-corrected chi connectivity index (χ4v) is 2.53. The van der Waals surface area contributed by atoms with Gasteiger partial charge in [0.1, 0.15) is 0 Å². The van der Waals surface area contributed by atoms with Crippen LogP contribution in [0.5, 0.6) is 0 Å². The van der Waals surface area contributed by atoms with Crippen molar-refractivity contribution in [2.45, 2.75) is 25.9 Å². The molecular formula is C17H20N4. The minimum atomic E-state index is 0.909. The minimum absolute atomic E-state index is 0.909. The maximum atomic E-state index is 4.17. The van der Waals surface area contributed by atoms with Gasteiger partial charge in [0.05, 0.1) is 6.33 Å². The highest BCUT2D eigenvalue weighted by molar-refractivity contribution is 5.84. The molecule has 3 aromatic rings. The number of aromatic nitrogens is 3. The van der Waals surface area contributed by atoms with Gasteiger partial charge in [0.25, 0.3) is 0 Å². The molecule has 21 heavy (non-hydrogen) atoms. The third-order valence-corrected chi connectivity index (χ3v) is 3.67. The third-order valence-electron chi connectivity index (χ3n) is 3.67. The molecule has 2 heterocycles. The summed E-state index contributed by atoms with van der Waals surface area (Å²) in [6.07, 6.45) is 11.8. The molecule has 2 aromatic heterocycles. The van der Waals surface area contributed by atoms with E-state index in [-0.39, 0.29) is 0 Å². The van der Waals surface area contributed by atoms with Crippen LogP contribution in [0, 0.1) is 0 Å². The van der Waals surface area contributed by atoms with Crippen LogP contribution in [-0.2, 0) is 13.1 Å². The van der Waals surface area contributed by atoms with Gasteiger partial charge < -0.3 is 9.88 Å². The SMILES string of the molecule is c1cc(CNCCCCn2ccnc2)c2ccncc2c1. The summed E-state index contributed by atoms with van der Waals surface area (Å²) in [7, 11) is 0. The van der Waals surface area contributed by atoms with E-state index in [0.717, 1.165) is 19.6 Å². The molecule has 1 aromatic carbocycles. The molecule has 0 aliphatic rings. The Morgan fingerprint density at radius 2 is 2.05 bits per heavy atom. The van der Waals surface area contributed by atoms with Crippen molar-refractivity contribution in [3.05, 3.63) is 60.9 Å². The standard InChI is InChI=1S/C17H20N4/c1(2-10-21-11-9-20-14-21)7-18-12-15-4-3-5-16-13-19-8-6-17(15)16/h3-6,8-9,11,13-14,18H,1-2,7,10,12H2. The van der Waals surface area contributed by atoms with E-state index in [2.05, 4.69) is 44.1 Å². The summed E-state index contributed by atoms with van der Waals surface area (Å²) in [4.78, 5) is 8.22. The first-order valence-corrected chi connectivity index (χ1v) is 7.41. The average Bonchev–Trinajstić information content (AvgIpc) is 3.04. The molecule has 3 rings (SSSR count). The topological polar surface area (TPSA) is 42.7 Å². The molecule has 1 N–H and O–H groups in total. The van der Waals surface area contributed by atoms with Crippen LogP contribution in [0.15, 0.2) is 55.4 Å². The van der Waals surface area contributed by atoms with Gasteiger partial charge in [-0.15, -0.1) is 0 Å². The van der Waals surface area contributed by atoms with Crippen LogP contribution in [0.3, 0.4) is 0 Å². The first-order chi connectivity index (χ1) is 10.4. The predicted molar refractivity (Wildman–Crippen MR) is 84.9 cm³/mol. The second-order valence-corrected chi connectivity index (χ2v) is 5.20. The number of rotatable bonds is 7. The molecule has 0 radical (unpaired) electrons. The Hall–Kier alpha value is -2.20. The largest absolute Gasteiger partial charge is 0.337 e. The highest BCUT2D eigenvalue weighted by atomic mass is 15.0. The Kier molecular flexibility index (Phi) is 4.59. The first-order valence-electron chi connectivity index (χ1n) is 7.41. The second-order valence-electron chi connectivity index (χ2n) is 5.20. The molecule has 4 heteroatoms. The lowest BCUT2D eigenvalue weighted by molar-refractivity contribution is 0.569.